The van der Waals surface area contributed by atoms with Crippen molar-refractivity contribution < 1.29 is 8.42 Å². The van der Waals surface area contributed by atoms with Gasteiger partial charge in [0.15, 0.2) is 0 Å². The maximum Gasteiger partial charge on any atom is 0.211 e. The molecule has 0 aromatic carbocycles. The predicted molar refractivity (Wildman–Crippen MR) is 62.0 cm³/mol. The zero-order valence-corrected chi connectivity index (χ0v) is 10.8. The van der Waals surface area contributed by atoms with Crippen LogP contribution < -0.4 is 0 Å². The largest absolute Gasteiger partial charge is 0.300 e. The molecule has 89 valence electrons. The third-order valence-corrected chi connectivity index (χ3v) is 4.01. The summed E-state index contributed by atoms with van der Waals surface area (Å²) >= 11 is 0. The van der Waals surface area contributed by atoms with Gasteiger partial charge in [0.05, 0.1) is 6.26 Å². The van der Waals surface area contributed by atoms with E-state index in [4.69, 9.17) is 0 Å². The first kappa shape index (κ1) is 12.9. The lowest BCUT2D eigenvalue weighted by atomic mass is 10.1. The Bertz CT molecular complexity index is 301. The Morgan fingerprint density at radius 3 is 2.33 bits per heavy atom. The molecule has 0 spiro atoms. The summed E-state index contributed by atoms with van der Waals surface area (Å²) in [5, 5.41) is 0. The van der Waals surface area contributed by atoms with E-state index in [2.05, 4.69) is 18.7 Å². The quantitative estimate of drug-likeness (QED) is 0.715. The Hall–Kier alpha value is -0.130. The van der Waals surface area contributed by atoms with Gasteiger partial charge >= 0.3 is 0 Å². The summed E-state index contributed by atoms with van der Waals surface area (Å²) < 4.78 is 24.4. The molecular weight excluding hydrogens is 212 g/mol. The van der Waals surface area contributed by atoms with E-state index in [1.54, 1.807) is 4.31 Å². The van der Waals surface area contributed by atoms with Gasteiger partial charge in [-0.05, 0) is 12.8 Å². The van der Waals surface area contributed by atoms with Crippen molar-refractivity contribution in [3.8, 4) is 0 Å². The van der Waals surface area contributed by atoms with E-state index in [0.29, 0.717) is 6.54 Å². The van der Waals surface area contributed by atoms with Crippen LogP contribution in [0.15, 0.2) is 0 Å². The van der Waals surface area contributed by atoms with Crippen molar-refractivity contribution in [2.75, 3.05) is 32.4 Å². The summed E-state index contributed by atoms with van der Waals surface area (Å²) in [7, 11) is -3.03. The van der Waals surface area contributed by atoms with Crippen LogP contribution in [0.25, 0.3) is 0 Å². The molecule has 1 aliphatic heterocycles. The average Bonchev–Trinajstić information content (AvgIpc) is 1.99. The summed E-state index contributed by atoms with van der Waals surface area (Å²) in [5.74, 6) is 1.37. The van der Waals surface area contributed by atoms with Gasteiger partial charge in [-0.25, -0.2) is 8.42 Å². The first-order valence-electron chi connectivity index (χ1n) is 5.29. The van der Waals surface area contributed by atoms with Gasteiger partial charge in [-0.15, -0.1) is 0 Å². The van der Waals surface area contributed by atoms with Crippen molar-refractivity contribution in [3.05, 3.63) is 5.92 Å². The van der Waals surface area contributed by atoms with Gasteiger partial charge in [-0.2, -0.15) is 4.31 Å². The third-order valence-electron chi connectivity index (χ3n) is 2.62. The topological polar surface area (TPSA) is 40.6 Å². The lowest BCUT2D eigenvalue weighted by Gasteiger charge is -2.38. The molecule has 4 nitrogen and oxygen atoms in total. The number of nitrogens with zero attached hydrogens (tertiary/aromatic N) is 2. The third kappa shape index (κ3) is 3.74. The van der Waals surface area contributed by atoms with Crippen molar-refractivity contribution in [1.82, 2.24) is 9.21 Å². The van der Waals surface area contributed by atoms with Crippen molar-refractivity contribution in [1.29, 1.82) is 0 Å². The molecule has 1 heterocycles. The summed E-state index contributed by atoms with van der Waals surface area (Å²) in [6.07, 6.45) is 1.29. The van der Waals surface area contributed by atoms with Crippen LogP contribution in [0.2, 0.25) is 0 Å². The van der Waals surface area contributed by atoms with E-state index in [0.717, 1.165) is 19.6 Å². The van der Waals surface area contributed by atoms with Crippen LogP contribution >= 0.6 is 0 Å². The lowest BCUT2D eigenvalue weighted by Crippen LogP contribution is -2.54. The Labute approximate surface area is 93.3 Å². The van der Waals surface area contributed by atoms with Crippen LogP contribution in [0.3, 0.4) is 0 Å². The second-order valence-corrected chi connectivity index (χ2v) is 6.60. The van der Waals surface area contributed by atoms with E-state index in [9.17, 15) is 8.42 Å². The van der Waals surface area contributed by atoms with Gasteiger partial charge in [0.25, 0.3) is 0 Å². The standard InChI is InChI=1S/C10H21N2O2S/c1-9(2)7-11-5-6-12(10(3)8-11)15(4,13)14/h10H,5-8H2,1-4H3/t10-/m1/s1. The second kappa shape index (κ2) is 4.80. The highest BCUT2D eigenvalue weighted by molar-refractivity contribution is 7.88. The Morgan fingerprint density at radius 1 is 1.33 bits per heavy atom. The maximum atomic E-state index is 11.4. The fourth-order valence-corrected chi connectivity index (χ4v) is 3.23. The van der Waals surface area contributed by atoms with E-state index in [1.165, 1.54) is 12.2 Å². The summed E-state index contributed by atoms with van der Waals surface area (Å²) in [6, 6.07) is 0.0908. The van der Waals surface area contributed by atoms with E-state index < -0.39 is 10.0 Å². The molecule has 1 atom stereocenters. The number of sulfonamides is 1. The Balaban J connectivity index is 2.56. The van der Waals surface area contributed by atoms with Crippen LogP contribution in [-0.4, -0.2) is 56.1 Å². The van der Waals surface area contributed by atoms with Gasteiger partial charge in [-0.3, -0.25) is 4.90 Å². The Kier molecular flexibility index (Phi) is 4.14. The SMILES string of the molecule is C[C](C)CN1CCN(S(C)(=O)=O)[C@H](C)C1. The highest BCUT2D eigenvalue weighted by atomic mass is 32.2. The molecule has 0 amide bonds. The minimum absolute atomic E-state index is 0.0908. The Morgan fingerprint density at radius 2 is 1.93 bits per heavy atom. The molecule has 0 aromatic heterocycles. The molecule has 0 bridgehead atoms. The van der Waals surface area contributed by atoms with Crippen molar-refractivity contribution in [2.24, 2.45) is 0 Å². The van der Waals surface area contributed by atoms with Crippen molar-refractivity contribution in [2.45, 2.75) is 26.8 Å². The fraction of sp³-hybridized carbons (Fsp3) is 0.900. The minimum atomic E-state index is -3.03. The van der Waals surface area contributed by atoms with Crippen LogP contribution in [0, 0.1) is 5.92 Å². The molecule has 1 aliphatic rings. The van der Waals surface area contributed by atoms with Crippen molar-refractivity contribution in [3.63, 3.8) is 0 Å². The van der Waals surface area contributed by atoms with Crippen LogP contribution in [-0.2, 0) is 10.0 Å². The van der Waals surface area contributed by atoms with E-state index in [1.807, 2.05) is 6.92 Å². The van der Waals surface area contributed by atoms with Gasteiger partial charge in [-0.1, -0.05) is 13.8 Å². The fourth-order valence-electron chi connectivity index (χ4n) is 2.10. The lowest BCUT2D eigenvalue weighted by molar-refractivity contribution is 0.149. The first-order valence-corrected chi connectivity index (χ1v) is 7.13. The van der Waals surface area contributed by atoms with Gasteiger partial charge in [0.1, 0.15) is 0 Å². The monoisotopic (exact) mass is 233 g/mol. The second-order valence-electron chi connectivity index (χ2n) is 4.66. The minimum Gasteiger partial charge on any atom is -0.300 e. The highest BCUT2D eigenvalue weighted by Gasteiger charge is 2.29. The van der Waals surface area contributed by atoms with Crippen LogP contribution in [0.4, 0.5) is 0 Å². The van der Waals surface area contributed by atoms with Crippen LogP contribution in [0.1, 0.15) is 20.8 Å². The number of rotatable bonds is 3. The average molecular weight is 233 g/mol. The van der Waals surface area contributed by atoms with Gasteiger partial charge in [0, 0.05) is 32.2 Å². The van der Waals surface area contributed by atoms with Gasteiger partial charge < -0.3 is 0 Å². The molecule has 0 aromatic rings. The number of piperazine rings is 1. The molecule has 0 unspecified atom stereocenters. The van der Waals surface area contributed by atoms with Crippen molar-refractivity contribution >= 4 is 10.0 Å². The molecule has 1 saturated heterocycles. The summed E-state index contributed by atoms with van der Waals surface area (Å²) in [5.41, 5.74) is 0. The van der Waals surface area contributed by atoms with Gasteiger partial charge in [0.2, 0.25) is 10.0 Å². The molecule has 1 rings (SSSR count). The zero-order valence-electron chi connectivity index (χ0n) is 10.0. The molecule has 1 fully saturated rings. The molecule has 5 heteroatoms. The first-order chi connectivity index (χ1) is 6.80. The van der Waals surface area contributed by atoms with E-state index >= 15 is 0 Å². The maximum absolute atomic E-state index is 11.4. The summed E-state index contributed by atoms with van der Waals surface area (Å²) in [4.78, 5) is 2.31. The molecule has 0 saturated carbocycles. The van der Waals surface area contributed by atoms with E-state index in [-0.39, 0.29) is 6.04 Å². The molecule has 0 N–H and O–H groups in total. The molecule has 15 heavy (non-hydrogen) atoms. The molecule has 0 aliphatic carbocycles. The smallest absolute Gasteiger partial charge is 0.211 e. The number of hydrogen-bond acceptors (Lipinski definition) is 3. The summed E-state index contributed by atoms with van der Waals surface area (Å²) in [6.45, 7) is 9.44. The normalized spacial score (nSPS) is 26.1. The molecular formula is C10H21N2O2S. The predicted octanol–water partition coefficient (Wildman–Crippen LogP) is 0.566. The molecule has 1 radical (unpaired) electrons. The zero-order chi connectivity index (χ0) is 11.6. The van der Waals surface area contributed by atoms with Crippen LogP contribution in [0.5, 0.6) is 0 Å². The highest BCUT2D eigenvalue weighted by Crippen LogP contribution is 2.14. The number of hydrogen-bond donors (Lipinski definition) is 0.